The van der Waals surface area contributed by atoms with Crippen LogP contribution in [0.2, 0.25) is 0 Å². The number of imidazole rings is 1. The maximum absolute atomic E-state index is 4.92. The molecule has 2 aromatic heterocycles. The SMILES string of the molecule is c1ccc(-c2ccc(-c3cn4nc(-c5ccccc5)c(-c5ccccc5)nc4n3)cc2)cc1. The van der Waals surface area contributed by atoms with E-state index in [4.69, 9.17) is 15.1 Å². The minimum absolute atomic E-state index is 0.579. The summed E-state index contributed by atoms with van der Waals surface area (Å²) in [6.45, 7) is 0. The van der Waals surface area contributed by atoms with E-state index in [2.05, 4.69) is 72.8 Å². The van der Waals surface area contributed by atoms with Crippen molar-refractivity contribution in [2.75, 3.05) is 0 Å². The molecule has 0 atom stereocenters. The predicted octanol–water partition coefficient (Wildman–Crippen LogP) is 6.79. The Morgan fingerprint density at radius 2 is 0.909 bits per heavy atom. The van der Waals surface area contributed by atoms with Gasteiger partial charge in [-0.1, -0.05) is 115 Å². The van der Waals surface area contributed by atoms with Crippen LogP contribution in [0.5, 0.6) is 0 Å². The minimum Gasteiger partial charge on any atom is -0.209 e. The molecular weight excluding hydrogens is 404 g/mol. The number of aromatic nitrogens is 4. The summed E-state index contributed by atoms with van der Waals surface area (Å²) in [6.07, 6.45) is 1.95. The molecule has 4 heteroatoms. The largest absolute Gasteiger partial charge is 0.251 e. The summed E-state index contributed by atoms with van der Waals surface area (Å²) in [4.78, 5) is 9.72. The van der Waals surface area contributed by atoms with Gasteiger partial charge in [-0.05, 0) is 11.1 Å². The molecule has 0 radical (unpaired) electrons. The van der Waals surface area contributed by atoms with Crippen LogP contribution < -0.4 is 0 Å². The molecule has 0 saturated heterocycles. The minimum atomic E-state index is 0.579. The Morgan fingerprint density at radius 3 is 1.52 bits per heavy atom. The summed E-state index contributed by atoms with van der Waals surface area (Å²) in [5.41, 5.74) is 7.95. The van der Waals surface area contributed by atoms with Gasteiger partial charge in [0.05, 0.1) is 11.9 Å². The van der Waals surface area contributed by atoms with Gasteiger partial charge in [0.2, 0.25) is 0 Å². The molecule has 0 saturated carbocycles. The van der Waals surface area contributed by atoms with Gasteiger partial charge in [0.15, 0.2) is 0 Å². The third-order valence-electron chi connectivity index (χ3n) is 5.70. The monoisotopic (exact) mass is 424 g/mol. The van der Waals surface area contributed by atoms with E-state index in [1.54, 1.807) is 4.52 Å². The van der Waals surface area contributed by atoms with E-state index in [0.717, 1.165) is 33.8 Å². The molecular formula is C29H20N4. The maximum Gasteiger partial charge on any atom is 0.251 e. The van der Waals surface area contributed by atoms with Crippen LogP contribution in [0.25, 0.3) is 50.7 Å². The molecule has 0 N–H and O–H groups in total. The molecule has 33 heavy (non-hydrogen) atoms. The number of rotatable bonds is 4. The topological polar surface area (TPSA) is 43.1 Å². The molecule has 0 spiro atoms. The normalized spacial score (nSPS) is 11.0. The van der Waals surface area contributed by atoms with Crippen molar-refractivity contribution in [3.63, 3.8) is 0 Å². The third-order valence-corrected chi connectivity index (χ3v) is 5.70. The zero-order valence-corrected chi connectivity index (χ0v) is 17.8. The van der Waals surface area contributed by atoms with Crippen LogP contribution >= 0.6 is 0 Å². The first kappa shape index (κ1) is 19.1. The zero-order chi connectivity index (χ0) is 22.0. The molecule has 0 unspecified atom stereocenters. The van der Waals surface area contributed by atoms with Gasteiger partial charge in [-0.3, -0.25) is 0 Å². The van der Waals surface area contributed by atoms with E-state index in [-0.39, 0.29) is 0 Å². The molecule has 4 aromatic carbocycles. The molecule has 6 rings (SSSR count). The van der Waals surface area contributed by atoms with Crippen molar-refractivity contribution < 1.29 is 0 Å². The Morgan fingerprint density at radius 1 is 0.424 bits per heavy atom. The fraction of sp³-hybridized carbons (Fsp3) is 0. The second-order valence-corrected chi connectivity index (χ2v) is 7.86. The smallest absolute Gasteiger partial charge is 0.209 e. The number of nitrogens with zero attached hydrogens (tertiary/aromatic N) is 4. The van der Waals surface area contributed by atoms with Gasteiger partial charge in [0.1, 0.15) is 11.4 Å². The Balaban J connectivity index is 1.46. The Bertz CT molecular complexity index is 1450. The lowest BCUT2D eigenvalue weighted by Crippen LogP contribution is -2.00. The number of benzene rings is 4. The number of fused-ring (bicyclic) bond motifs is 1. The molecule has 0 amide bonds. The van der Waals surface area contributed by atoms with Crippen LogP contribution in [-0.2, 0) is 0 Å². The van der Waals surface area contributed by atoms with Gasteiger partial charge in [-0.15, -0.1) is 0 Å². The highest BCUT2D eigenvalue weighted by Crippen LogP contribution is 2.30. The van der Waals surface area contributed by atoms with Crippen molar-refractivity contribution in [2.24, 2.45) is 0 Å². The van der Waals surface area contributed by atoms with Crippen LogP contribution in [0.4, 0.5) is 0 Å². The highest BCUT2D eigenvalue weighted by Gasteiger charge is 2.15. The molecule has 4 nitrogen and oxygen atoms in total. The fourth-order valence-electron chi connectivity index (χ4n) is 4.01. The summed E-state index contributed by atoms with van der Waals surface area (Å²) in [5.74, 6) is 0.579. The van der Waals surface area contributed by atoms with E-state index in [1.165, 1.54) is 11.1 Å². The Labute approximate surface area is 191 Å². The molecule has 0 aliphatic carbocycles. The highest BCUT2D eigenvalue weighted by molar-refractivity contribution is 5.79. The van der Waals surface area contributed by atoms with Crippen LogP contribution in [0.15, 0.2) is 121 Å². The zero-order valence-electron chi connectivity index (χ0n) is 17.8. The van der Waals surface area contributed by atoms with E-state index < -0.39 is 0 Å². The van der Waals surface area contributed by atoms with Gasteiger partial charge in [0, 0.05) is 16.7 Å². The highest BCUT2D eigenvalue weighted by atomic mass is 15.3. The summed E-state index contributed by atoms with van der Waals surface area (Å²) >= 11 is 0. The van der Waals surface area contributed by atoms with Crippen molar-refractivity contribution in [3.05, 3.63) is 121 Å². The lowest BCUT2D eigenvalue weighted by atomic mass is 10.0. The van der Waals surface area contributed by atoms with Crippen LogP contribution in [0.1, 0.15) is 0 Å². The molecule has 0 bridgehead atoms. The number of hydrogen-bond acceptors (Lipinski definition) is 3. The molecule has 0 aliphatic rings. The van der Waals surface area contributed by atoms with E-state index in [1.807, 2.05) is 48.7 Å². The summed E-state index contributed by atoms with van der Waals surface area (Å²) in [5, 5.41) is 4.92. The fourth-order valence-corrected chi connectivity index (χ4v) is 4.01. The molecule has 2 heterocycles. The van der Waals surface area contributed by atoms with Gasteiger partial charge >= 0.3 is 0 Å². The first-order valence-corrected chi connectivity index (χ1v) is 10.9. The van der Waals surface area contributed by atoms with Crippen LogP contribution in [0.3, 0.4) is 0 Å². The first-order valence-electron chi connectivity index (χ1n) is 10.9. The van der Waals surface area contributed by atoms with Gasteiger partial charge in [0.25, 0.3) is 5.78 Å². The van der Waals surface area contributed by atoms with E-state index >= 15 is 0 Å². The average molecular weight is 425 g/mol. The molecule has 156 valence electrons. The molecule has 0 fully saturated rings. The predicted molar refractivity (Wildman–Crippen MR) is 133 cm³/mol. The third kappa shape index (κ3) is 3.68. The first-order chi connectivity index (χ1) is 16.3. The Kier molecular flexibility index (Phi) is 4.74. The Hall–Kier alpha value is -4.57. The maximum atomic E-state index is 4.92. The van der Waals surface area contributed by atoms with Gasteiger partial charge in [-0.2, -0.15) is 5.10 Å². The van der Waals surface area contributed by atoms with E-state index in [0.29, 0.717) is 5.78 Å². The second-order valence-electron chi connectivity index (χ2n) is 7.86. The second kappa shape index (κ2) is 8.17. The molecule has 0 aliphatic heterocycles. The van der Waals surface area contributed by atoms with E-state index in [9.17, 15) is 0 Å². The lowest BCUT2D eigenvalue weighted by Gasteiger charge is -2.08. The van der Waals surface area contributed by atoms with Crippen molar-refractivity contribution in [2.45, 2.75) is 0 Å². The summed E-state index contributed by atoms with van der Waals surface area (Å²) < 4.78 is 1.77. The van der Waals surface area contributed by atoms with Crippen molar-refractivity contribution in [1.29, 1.82) is 0 Å². The van der Waals surface area contributed by atoms with Gasteiger partial charge < -0.3 is 0 Å². The standard InChI is InChI=1S/C29H20N4/c1-4-10-21(11-5-1)22-16-18-23(19-17-22)26-20-33-29(30-26)31-27(24-12-6-2-7-13-24)28(32-33)25-14-8-3-9-15-25/h1-20H. The average Bonchev–Trinajstić information content (AvgIpc) is 3.33. The van der Waals surface area contributed by atoms with Crippen molar-refractivity contribution in [1.82, 2.24) is 19.6 Å². The summed E-state index contributed by atoms with van der Waals surface area (Å²) in [6, 6.07) is 39.1. The number of hydrogen-bond donors (Lipinski definition) is 0. The van der Waals surface area contributed by atoms with Crippen molar-refractivity contribution >= 4 is 5.78 Å². The van der Waals surface area contributed by atoms with Crippen molar-refractivity contribution in [3.8, 4) is 44.9 Å². The quantitative estimate of drug-likeness (QED) is 0.313. The molecule has 6 aromatic rings. The lowest BCUT2D eigenvalue weighted by molar-refractivity contribution is 0.912. The van der Waals surface area contributed by atoms with Crippen LogP contribution in [0, 0.1) is 0 Å². The van der Waals surface area contributed by atoms with Crippen LogP contribution in [-0.4, -0.2) is 19.6 Å². The summed E-state index contributed by atoms with van der Waals surface area (Å²) in [7, 11) is 0. The van der Waals surface area contributed by atoms with Gasteiger partial charge in [-0.25, -0.2) is 14.5 Å².